The molecule has 1 heterocycles. The number of aliphatic hydroxyl groups is 1. The monoisotopic (exact) mass is 241 g/mol. The Morgan fingerprint density at radius 3 is 2.29 bits per heavy atom. The van der Waals surface area contributed by atoms with Crippen molar-refractivity contribution >= 4 is 5.95 Å². The Bertz CT molecular complexity index is 324. The number of nitrogens with zero attached hydrogens (tertiary/aromatic N) is 2. The normalized spacial score (nSPS) is 12.0. The molecule has 0 fully saturated rings. The van der Waals surface area contributed by atoms with Crippen LogP contribution in [0.1, 0.15) is 19.8 Å². The molecular formula is C11H19N3O3. The highest BCUT2D eigenvalue weighted by Gasteiger charge is 2.10. The Labute approximate surface area is 101 Å². The molecule has 2 N–H and O–H groups in total. The van der Waals surface area contributed by atoms with Crippen LogP contribution in [-0.2, 0) is 0 Å². The summed E-state index contributed by atoms with van der Waals surface area (Å²) in [7, 11) is 3.08. The summed E-state index contributed by atoms with van der Waals surface area (Å²) in [5.41, 5.74) is 0. The molecule has 96 valence electrons. The van der Waals surface area contributed by atoms with Crippen LogP contribution in [0.3, 0.4) is 0 Å². The SMILES string of the molecule is CCC(CCO)Nc1nc(OC)cc(OC)n1. The number of hydrogen-bond donors (Lipinski definition) is 2. The van der Waals surface area contributed by atoms with E-state index in [9.17, 15) is 0 Å². The van der Waals surface area contributed by atoms with Gasteiger partial charge in [0.05, 0.1) is 20.3 Å². The molecule has 0 aliphatic heterocycles. The Kier molecular flexibility index (Phi) is 5.48. The second-order valence-corrected chi connectivity index (χ2v) is 3.54. The maximum atomic E-state index is 8.92. The first kappa shape index (κ1) is 13.5. The van der Waals surface area contributed by atoms with Crippen molar-refractivity contribution in [2.24, 2.45) is 0 Å². The maximum absolute atomic E-state index is 8.92. The number of rotatable bonds is 7. The predicted molar refractivity (Wildman–Crippen MR) is 64.5 cm³/mol. The summed E-state index contributed by atoms with van der Waals surface area (Å²) in [5, 5.41) is 12.1. The topological polar surface area (TPSA) is 76.5 Å². The van der Waals surface area contributed by atoms with Crippen molar-refractivity contribution in [3.8, 4) is 11.8 Å². The van der Waals surface area contributed by atoms with E-state index in [1.165, 1.54) is 14.2 Å². The van der Waals surface area contributed by atoms with Crippen LogP contribution in [0.5, 0.6) is 11.8 Å². The van der Waals surface area contributed by atoms with E-state index in [1.54, 1.807) is 6.07 Å². The van der Waals surface area contributed by atoms with E-state index < -0.39 is 0 Å². The lowest BCUT2D eigenvalue weighted by molar-refractivity contribution is 0.278. The molecule has 6 nitrogen and oxygen atoms in total. The van der Waals surface area contributed by atoms with Crippen molar-refractivity contribution < 1.29 is 14.6 Å². The molecular weight excluding hydrogens is 222 g/mol. The Morgan fingerprint density at radius 1 is 1.29 bits per heavy atom. The fourth-order valence-corrected chi connectivity index (χ4v) is 1.39. The fraction of sp³-hybridized carbons (Fsp3) is 0.636. The minimum atomic E-state index is 0.132. The minimum absolute atomic E-state index is 0.132. The molecule has 0 aliphatic carbocycles. The van der Waals surface area contributed by atoms with Gasteiger partial charge >= 0.3 is 0 Å². The summed E-state index contributed by atoms with van der Waals surface area (Å²) in [6, 6.07) is 1.75. The van der Waals surface area contributed by atoms with Gasteiger partial charge in [0.2, 0.25) is 17.7 Å². The highest BCUT2D eigenvalue weighted by molar-refractivity contribution is 5.34. The predicted octanol–water partition coefficient (Wildman–Crippen LogP) is 1.07. The molecule has 1 atom stereocenters. The molecule has 0 spiro atoms. The number of hydrogen-bond acceptors (Lipinski definition) is 6. The van der Waals surface area contributed by atoms with Crippen LogP contribution < -0.4 is 14.8 Å². The lowest BCUT2D eigenvalue weighted by Crippen LogP contribution is -2.21. The smallest absolute Gasteiger partial charge is 0.229 e. The van der Waals surface area contributed by atoms with Gasteiger partial charge in [-0.05, 0) is 12.8 Å². The third kappa shape index (κ3) is 4.07. The quantitative estimate of drug-likeness (QED) is 0.743. The van der Waals surface area contributed by atoms with E-state index in [2.05, 4.69) is 15.3 Å². The third-order valence-electron chi connectivity index (χ3n) is 2.40. The van der Waals surface area contributed by atoms with Crippen molar-refractivity contribution in [1.82, 2.24) is 9.97 Å². The van der Waals surface area contributed by atoms with Crippen molar-refractivity contribution in [1.29, 1.82) is 0 Å². The van der Waals surface area contributed by atoms with Crippen molar-refractivity contribution in [3.05, 3.63) is 6.07 Å². The summed E-state index contributed by atoms with van der Waals surface area (Å²) in [5.74, 6) is 1.33. The van der Waals surface area contributed by atoms with E-state index in [-0.39, 0.29) is 12.6 Å². The first-order valence-electron chi connectivity index (χ1n) is 5.58. The molecule has 1 rings (SSSR count). The third-order valence-corrected chi connectivity index (χ3v) is 2.40. The zero-order valence-corrected chi connectivity index (χ0v) is 10.4. The highest BCUT2D eigenvalue weighted by Crippen LogP contribution is 2.18. The first-order valence-corrected chi connectivity index (χ1v) is 5.58. The van der Waals surface area contributed by atoms with Gasteiger partial charge in [0.1, 0.15) is 0 Å². The molecule has 0 saturated carbocycles. The molecule has 0 amide bonds. The van der Waals surface area contributed by atoms with Crippen LogP contribution in [0.2, 0.25) is 0 Å². The van der Waals surface area contributed by atoms with Gasteiger partial charge < -0.3 is 19.9 Å². The Balaban J connectivity index is 2.81. The van der Waals surface area contributed by atoms with E-state index in [1.807, 2.05) is 6.92 Å². The lowest BCUT2D eigenvalue weighted by Gasteiger charge is -2.16. The molecule has 0 aromatic carbocycles. The summed E-state index contributed by atoms with van der Waals surface area (Å²) >= 11 is 0. The van der Waals surface area contributed by atoms with Gasteiger partial charge in [0, 0.05) is 12.6 Å². The van der Waals surface area contributed by atoms with Crippen molar-refractivity contribution in [2.45, 2.75) is 25.8 Å². The number of anilines is 1. The minimum Gasteiger partial charge on any atom is -0.481 e. The molecule has 0 radical (unpaired) electrons. The zero-order chi connectivity index (χ0) is 12.7. The summed E-state index contributed by atoms with van der Waals surface area (Å²) in [6.45, 7) is 2.16. The molecule has 17 heavy (non-hydrogen) atoms. The van der Waals surface area contributed by atoms with E-state index in [0.717, 1.165) is 6.42 Å². The van der Waals surface area contributed by atoms with Crippen LogP contribution in [0, 0.1) is 0 Å². The largest absolute Gasteiger partial charge is 0.481 e. The van der Waals surface area contributed by atoms with E-state index >= 15 is 0 Å². The summed E-state index contributed by atoms with van der Waals surface area (Å²) < 4.78 is 10.1. The second kappa shape index (κ2) is 6.90. The van der Waals surface area contributed by atoms with Gasteiger partial charge in [-0.15, -0.1) is 0 Å². The Hall–Kier alpha value is -1.56. The van der Waals surface area contributed by atoms with Crippen LogP contribution in [-0.4, -0.2) is 41.9 Å². The number of aromatic nitrogens is 2. The Morgan fingerprint density at radius 2 is 1.88 bits per heavy atom. The van der Waals surface area contributed by atoms with E-state index in [4.69, 9.17) is 14.6 Å². The summed E-state index contributed by atoms with van der Waals surface area (Å²) in [4.78, 5) is 8.33. The van der Waals surface area contributed by atoms with E-state index in [0.29, 0.717) is 24.1 Å². The van der Waals surface area contributed by atoms with Crippen LogP contribution in [0.25, 0.3) is 0 Å². The molecule has 0 saturated heterocycles. The average molecular weight is 241 g/mol. The van der Waals surface area contributed by atoms with Crippen LogP contribution >= 0.6 is 0 Å². The lowest BCUT2D eigenvalue weighted by atomic mass is 10.2. The second-order valence-electron chi connectivity index (χ2n) is 3.54. The first-order chi connectivity index (χ1) is 8.23. The van der Waals surface area contributed by atoms with Gasteiger partial charge in [-0.3, -0.25) is 0 Å². The van der Waals surface area contributed by atoms with Gasteiger partial charge in [0.25, 0.3) is 0 Å². The molecule has 0 bridgehead atoms. The maximum Gasteiger partial charge on any atom is 0.229 e. The number of aliphatic hydroxyl groups excluding tert-OH is 1. The molecule has 0 aliphatic rings. The number of methoxy groups -OCH3 is 2. The van der Waals surface area contributed by atoms with Crippen molar-refractivity contribution in [2.75, 3.05) is 26.1 Å². The van der Waals surface area contributed by atoms with Crippen LogP contribution in [0.15, 0.2) is 6.07 Å². The van der Waals surface area contributed by atoms with Gasteiger partial charge in [0.15, 0.2) is 0 Å². The molecule has 1 unspecified atom stereocenters. The molecule has 1 aromatic rings. The zero-order valence-electron chi connectivity index (χ0n) is 10.4. The van der Waals surface area contributed by atoms with Crippen LogP contribution in [0.4, 0.5) is 5.95 Å². The number of nitrogens with one attached hydrogen (secondary N) is 1. The standard InChI is InChI=1S/C11H19N3O3/c1-4-8(5-6-15)12-11-13-9(16-2)7-10(14-11)17-3/h7-8,15H,4-6H2,1-3H3,(H,12,13,14). The van der Waals surface area contributed by atoms with Gasteiger partial charge in [-0.25, -0.2) is 0 Å². The van der Waals surface area contributed by atoms with Crippen molar-refractivity contribution in [3.63, 3.8) is 0 Å². The highest BCUT2D eigenvalue weighted by atomic mass is 16.5. The summed E-state index contributed by atoms with van der Waals surface area (Å²) in [6.07, 6.45) is 1.53. The molecule has 6 heteroatoms. The van der Waals surface area contributed by atoms with Gasteiger partial charge in [-0.2, -0.15) is 9.97 Å². The molecule has 1 aromatic heterocycles. The average Bonchev–Trinajstić information content (AvgIpc) is 2.37. The fourth-order valence-electron chi connectivity index (χ4n) is 1.39. The van der Waals surface area contributed by atoms with Gasteiger partial charge in [-0.1, -0.05) is 6.92 Å². The number of ether oxygens (including phenoxy) is 2.